The maximum absolute atomic E-state index is 13.1. The van der Waals surface area contributed by atoms with E-state index in [9.17, 15) is 19.8 Å². The van der Waals surface area contributed by atoms with E-state index in [1.807, 2.05) is 26.8 Å². The normalized spacial score (nSPS) is 12.2. The third kappa shape index (κ3) is 4.89. The third-order valence-electron chi connectivity index (χ3n) is 5.39. The lowest BCUT2D eigenvalue weighted by Gasteiger charge is -2.17. The van der Waals surface area contributed by atoms with Crippen molar-refractivity contribution in [3.05, 3.63) is 44.8 Å². The highest BCUT2D eigenvalue weighted by atomic mass is 16.4. The highest BCUT2D eigenvalue weighted by Gasteiger charge is 2.28. The number of aromatic hydroxyl groups is 2. The fourth-order valence-electron chi connectivity index (χ4n) is 3.42. The fraction of sp³-hybridized carbons (Fsp3) is 0.500. The summed E-state index contributed by atoms with van der Waals surface area (Å²) in [4.78, 5) is 25.3. The molecule has 1 heterocycles. The molecule has 0 aliphatic carbocycles. The first-order valence-electron chi connectivity index (χ1n) is 10.4. The molecule has 0 saturated heterocycles. The van der Waals surface area contributed by atoms with Gasteiger partial charge in [-0.15, -0.1) is 0 Å². The van der Waals surface area contributed by atoms with Gasteiger partial charge in [-0.1, -0.05) is 45.3 Å². The molecule has 0 unspecified atom stereocenters. The first kappa shape index (κ1) is 22.7. The number of hydrogen-bond donors (Lipinski definition) is 2. The highest BCUT2D eigenvalue weighted by Crippen LogP contribution is 2.42. The average Bonchev–Trinajstić information content (AvgIpc) is 2.66. The van der Waals surface area contributed by atoms with Crippen molar-refractivity contribution < 1.29 is 19.4 Å². The Morgan fingerprint density at radius 1 is 1.17 bits per heavy atom. The first-order chi connectivity index (χ1) is 13.7. The molecule has 1 aromatic carbocycles. The summed E-state index contributed by atoms with van der Waals surface area (Å²) in [5, 5.41) is 22.3. The van der Waals surface area contributed by atoms with Crippen LogP contribution in [0.2, 0.25) is 0 Å². The Morgan fingerprint density at radius 3 is 2.45 bits per heavy atom. The SMILES string of the molecule is CCCCCc1cc(=O)oc2c(C(=O)[C@H](C)CC)c(O)c(CC=C(C)C)c(O)c12. The van der Waals surface area contributed by atoms with E-state index in [-0.39, 0.29) is 46.3 Å². The van der Waals surface area contributed by atoms with Gasteiger partial charge in [-0.2, -0.15) is 0 Å². The molecule has 2 rings (SSSR count). The van der Waals surface area contributed by atoms with Crippen LogP contribution >= 0.6 is 0 Å². The van der Waals surface area contributed by atoms with Crippen molar-refractivity contribution in [1.82, 2.24) is 0 Å². The lowest BCUT2D eigenvalue weighted by Crippen LogP contribution is -2.14. The summed E-state index contributed by atoms with van der Waals surface area (Å²) in [6.45, 7) is 9.61. The van der Waals surface area contributed by atoms with Gasteiger partial charge < -0.3 is 14.6 Å². The number of rotatable bonds is 9. The van der Waals surface area contributed by atoms with Gasteiger partial charge in [0, 0.05) is 17.5 Å². The van der Waals surface area contributed by atoms with Crippen LogP contribution in [-0.2, 0) is 12.8 Å². The van der Waals surface area contributed by atoms with Crippen molar-refractivity contribution >= 4 is 16.8 Å². The van der Waals surface area contributed by atoms with E-state index in [2.05, 4.69) is 6.92 Å². The van der Waals surface area contributed by atoms with Gasteiger partial charge >= 0.3 is 5.63 Å². The summed E-state index contributed by atoms with van der Waals surface area (Å²) in [6.07, 6.45) is 6.21. The molecule has 5 nitrogen and oxygen atoms in total. The molecule has 1 atom stereocenters. The van der Waals surface area contributed by atoms with E-state index < -0.39 is 5.63 Å². The minimum absolute atomic E-state index is 0.00116. The van der Waals surface area contributed by atoms with Crippen molar-refractivity contribution in [1.29, 1.82) is 0 Å². The van der Waals surface area contributed by atoms with Crippen LogP contribution in [0.25, 0.3) is 11.0 Å². The van der Waals surface area contributed by atoms with Crippen molar-refractivity contribution in [2.24, 2.45) is 5.92 Å². The molecule has 0 spiro atoms. The number of benzene rings is 1. The molecule has 1 aromatic heterocycles. The van der Waals surface area contributed by atoms with Gasteiger partial charge in [0.1, 0.15) is 17.1 Å². The van der Waals surface area contributed by atoms with Gasteiger partial charge in [-0.05, 0) is 45.1 Å². The number of allylic oxidation sites excluding steroid dienone is 2. The Balaban J connectivity index is 2.89. The maximum atomic E-state index is 13.1. The van der Waals surface area contributed by atoms with Gasteiger partial charge in [0.05, 0.1) is 5.39 Å². The minimum atomic E-state index is -0.585. The number of phenols is 2. The predicted molar refractivity (Wildman–Crippen MR) is 116 cm³/mol. The van der Waals surface area contributed by atoms with Crippen LogP contribution in [0.15, 0.2) is 26.9 Å². The number of phenolic OH excluding ortho intramolecular Hbond substituents is 2. The molecule has 2 N–H and O–H groups in total. The molecule has 0 radical (unpaired) electrons. The van der Waals surface area contributed by atoms with Gasteiger partial charge in [-0.25, -0.2) is 4.79 Å². The number of hydrogen-bond acceptors (Lipinski definition) is 5. The number of Topliss-reactive ketones (excluding diaryl/α,β-unsaturated/α-hetero) is 1. The number of aryl methyl sites for hydroxylation is 1. The second-order valence-corrected chi connectivity index (χ2v) is 7.96. The molecule has 2 aromatic rings. The van der Waals surface area contributed by atoms with E-state index in [0.29, 0.717) is 23.8 Å². The molecule has 0 fully saturated rings. The van der Waals surface area contributed by atoms with Gasteiger partial charge in [-0.3, -0.25) is 4.79 Å². The molecule has 0 saturated carbocycles. The molecule has 0 aliphatic rings. The zero-order valence-electron chi connectivity index (χ0n) is 18.1. The van der Waals surface area contributed by atoms with Crippen LogP contribution in [0.1, 0.15) is 81.8 Å². The lowest BCUT2D eigenvalue weighted by molar-refractivity contribution is 0.0925. The Labute approximate surface area is 172 Å². The van der Waals surface area contributed by atoms with Gasteiger partial charge in [0.25, 0.3) is 0 Å². The molecule has 5 heteroatoms. The standard InChI is InChI=1S/C24H32O5/c1-6-8-9-10-16-13-18(25)29-24-19(16)22(27)17(12-11-14(3)4)23(28)20(24)21(26)15(5)7-2/h11,13,15,27-28H,6-10,12H2,1-5H3/t15-/m1/s1. The molecule has 0 bridgehead atoms. The molecule has 29 heavy (non-hydrogen) atoms. The summed E-state index contributed by atoms with van der Waals surface area (Å²) in [7, 11) is 0. The average molecular weight is 401 g/mol. The number of fused-ring (bicyclic) bond motifs is 1. The fourth-order valence-corrected chi connectivity index (χ4v) is 3.42. The Morgan fingerprint density at radius 2 is 1.86 bits per heavy atom. The van der Waals surface area contributed by atoms with Crippen LogP contribution in [0.4, 0.5) is 0 Å². The second kappa shape index (κ2) is 9.77. The smallest absolute Gasteiger partial charge is 0.336 e. The zero-order chi connectivity index (χ0) is 21.7. The van der Waals surface area contributed by atoms with Crippen LogP contribution < -0.4 is 5.63 Å². The van der Waals surface area contributed by atoms with E-state index >= 15 is 0 Å². The van der Waals surface area contributed by atoms with E-state index in [1.54, 1.807) is 6.92 Å². The summed E-state index contributed by atoms with van der Waals surface area (Å²) in [6, 6.07) is 1.39. The second-order valence-electron chi connectivity index (χ2n) is 7.96. The van der Waals surface area contributed by atoms with Crippen molar-refractivity contribution in [2.45, 2.75) is 73.1 Å². The maximum Gasteiger partial charge on any atom is 0.336 e. The van der Waals surface area contributed by atoms with Crippen LogP contribution in [0, 0.1) is 5.92 Å². The Hall–Kier alpha value is -2.56. The number of carbonyl (C=O) groups is 1. The topological polar surface area (TPSA) is 87.7 Å². The summed E-state index contributed by atoms with van der Waals surface area (Å²) >= 11 is 0. The van der Waals surface area contributed by atoms with Crippen molar-refractivity contribution in [3.63, 3.8) is 0 Å². The van der Waals surface area contributed by atoms with Crippen LogP contribution in [-0.4, -0.2) is 16.0 Å². The van der Waals surface area contributed by atoms with E-state index in [1.165, 1.54) is 6.07 Å². The number of unbranched alkanes of at least 4 members (excludes halogenated alkanes) is 2. The highest BCUT2D eigenvalue weighted by molar-refractivity contribution is 6.12. The Kier molecular flexibility index (Phi) is 7.66. The van der Waals surface area contributed by atoms with E-state index in [0.717, 1.165) is 24.8 Å². The van der Waals surface area contributed by atoms with Crippen molar-refractivity contribution in [2.75, 3.05) is 0 Å². The van der Waals surface area contributed by atoms with Crippen LogP contribution in [0.5, 0.6) is 11.5 Å². The first-order valence-corrected chi connectivity index (χ1v) is 10.4. The molecule has 158 valence electrons. The zero-order valence-corrected chi connectivity index (χ0v) is 18.1. The Bertz CT molecular complexity index is 977. The quantitative estimate of drug-likeness (QED) is 0.245. The summed E-state index contributed by atoms with van der Waals surface area (Å²) < 4.78 is 5.39. The van der Waals surface area contributed by atoms with Crippen molar-refractivity contribution in [3.8, 4) is 11.5 Å². The molecule has 0 amide bonds. The monoisotopic (exact) mass is 400 g/mol. The number of carbonyl (C=O) groups excluding carboxylic acids is 1. The van der Waals surface area contributed by atoms with Gasteiger partial charge in [0.2, 0.25) is 0 Å². The number of ketones is 1. The van der Waals surface area contributed by atoms with Gasteiger partial charge in [0.15, 0.2) is 11.4 Å². The lowest BCUT2D eigenvalue weighted by atomic mass is 9.89. The predicted octanol–water partition coefficient (Wildman–Crippen LogP) is 5.67. The molecule has 0 aliphatic heterocycles. The summed E-state index contributed by atoms with van der Waals surface area (Å²) in [5.41, 5.74) is 1.37. The molecular formula is C24H32O5. The minimum Gasteiger partial charge on any atom is -0.507 e. The largest absolute Gasteiger partial charge is 0.507 e. The summed E-state index contributed by atoms with van der Waals surface area (Å²) in [5.74, 6) is -1.06. The third-order valence-corrected chi connectivity index (χ3v) is 5.39. The van der Waals surface area contributed by atoms with Crippen LogP contribution in [0.3, 0.4) is 0 Å². The van der Waals surface area contributed by atoms with E-state index in [4.69, 9.17) is 4.42 Å². The molecular weight excluding hydrogens is 368 g/mol.